The third kappa shape index (κ3) is 2.17. The number of hydrogen-bond acceptors (Lipinski definition) is 2. The largest absolute Gasteiger partial charge is 0.480 e. The number of allylic oxidation sites excluding steroid dienone is 2. The van der Waals surface area contributed by atoms with Gasteiger partial charge in [0.05, 0.1) is 0 Å². The van der Waals surface area contributed by atoms with Crippen molar-refractivity contribution in [3.05, 3.63) is 59.2 Å². The van der Waals surface area contributed by atoms with Crippen LogP contribution >= 0.6 is 0 Å². The van der Waals surface area contributed by atoms with Gasteiger partial charge >= 0.3 is 11.9 Å². The molecular weight excluding hydrogens is 244 g/mol. The number of benzene rings is 1. The summed E-state index contributed by atoms with van der Waals surface area (Å²) in [5, 5.41) is 18.7. The lowest BCUT2D eigenvalue weighted by Crippen LogP contribution is -2.37. The summed E-state index contributed by atoms with van der Waals surface area (Å²) in [7, 11) is 0. The molecule has 0 heterocycles. The predicted molar refractivity (Wildman–Crippen MR) is 69.8 cm³/mol. The second kappa shape index (κ2) is 4.72. The first-order valence-electron chi connectivity index (χ1n) is 5.88. The molecule has 1 unspecified atom stereocenters. The van der Waals surface area contributed by atoms with Gasteiger partial charge in [-0.2, -0.15) is 0 Å². The van der Waals surface area contributed by atoms with Crippen molar-refractivity contribution in [2.75, 3.05) is 0 Å². The van der Waals surface area contributed by atoms with Crippen LogP contribution in [0.3, 0.4) is 0 Å². The third-order valence-corrected chi connectivity index (χ3v) is 3.48. The molecule has 1 aromatic carbocycles. The normalized spacial score (nSPS) is 22.4. The second-order valence-corrected chi connectivity index (χ2v) is 4.62. The molecule has 0 radical (unpaired) electrons. The molecule has 0 saturated heterocycles. The average molecular weight is 258 g/mol. The molecule has 98 valence electrons. The van der Waals surface area contributed by atoms with Crippen molar-refractivity contribution in [3.8, 4) is 0 Å². The van der Waals surface area contributed by atoms with E-state index in [1.54, 1.807) is 49.4 Å². The summed E-state index contributed by atoms with van der Waals surface area (Å²) in [6.45, 7) is 1.68. The summed E-state index contributed by atoms with van der Waals surface area (Å²) in [5.74, 6) is -2.11. The zero-order chi connectivity index (χ0) is 14.0. The van der Waals surface area contributed by atoms with Gasteiger partial charge in [-0.3, -0.25) is 4.79 Å². The quantitative estimate of drug-likeness (QED) is 0.872. The van der Waals surface area contributed by atoms with Gasteiger partial charge in [-0.15, -0.1) is 0 Å². The number of rotatable bonds is 3. The molecular formula is C15H14O4. The van der Waals surface area contributed by atoms with E-state index in [4.69, 9.17) is 0 Å². The lowest BCUT2D eigenvalue weighted by Gasteiger charge is -2.30. The summed E-state index contributed by atoms with van der Waals surface area (Å²) in [6.07, 6.45) is 3.12. The minimum Gasteiger partial charge on any atom is -0.480 e. The van der Waals surface area contributed by atoms with E-state index in [0.717, 1.165) is 0 Å². The predicted octanol–water partition coefficient (Wildman–Crippen LogP) is 2.37. The summed E-state index contributed by atoms with van der Waals surface area (Å²) >= 11 is 0. The van der Waals surface area contributed by atoms with Gasteiger partial charge in [-0.05, 0) is 18.1 Å². The molecule has 0 aromatic heterocycles. The van der Waals surface area contributed by atoms with Gasteiger partial charge in [0.2, 0.25) is 0 Å². The molecule has 0 fully saturated rings. The second-order valence-electron chi connectivity index (χ2n) is 4.62. The van der Waals surface area contributed by atoms with Crippen molar-refractivity contribution in [2.45, 2.75) is 18.8 Å². The Morgan fingerprint density at radius 3 is 2.32 bits per heavy atom. The molecule has 4 heteroatoms. The fourth-order valence-electron chi connectivity index (χ4n) is 2.29. The molecule has 0 saturated carbocycles. The summed E-state index contributed by atoms with van der Waals surface area (Å²) < 4.78 is 0. The van der Waals surface area contributed by atoms with Gasteiger partial charge in [0.25, 0.3) is 0 Å². The van der Waals surface area contributed by atoms with Crippen LogP contribution in [-0.2, 0) is 15.0 Å². The molecule has 4 nitrogen and oxygen atoms in total. The van der Waals surface area contributed by atoms with Crippen LogP contribution in [0.15, 0.2) is 53.6 Å². The van der Waals surface area contributed by atoms with Crippen molar-refractivity contribution in [1.29, 1.82) is 0 Å². The molecule has 0 amide bonds. The van der Waals surface area contributed by atoms with Crippen molar-refractivity contribution < 1.29 is 19.8 Å². The van der Waals surface area contributed by atoms with Crippen molar-refractivity contribution in [3.63, 3.8) is 0 Å². The van der Waals surface area contributed by atoms with Crippen LogP contribution in [0.25, 0.3) is 0 Å². The summed E-state index contributed by atoms with van der Waals surface area (Å²) in [5.41, 5.74) is 0.0353. The number of aliphatic carboxylic acids is 2. The van der Waals surface area contributed by atoms with Crippen molar-refractivity contribution in [1.82, 2.24) is 0 Å². The number of hydrogen-bond donors (Lipinski definition) is 2. The zero-order valence-electron chi connectivity index (χ0n) is 10.5. The van der Waals surface area contributed by atoms with E-state index in [1.165, 1.54) is 0 Å². The molecule has 1 aliphatic rings. The van der Waals surface area contributed by atoms with Crippen LogP contribution in [0.2, 0.25) is 0 Å². The van der Waals surface area contributed by atoms with E-state index in [0.29, 0.717) is 11.1 Å². The van der Waals surface area contributed by atoms with Crippen LogP contribution in [0.4, 0.5) is 0 Å². The van der Waals surface area contributed by atoms with Crippen molar-refractivity contribution in [2.24, 2.45) is 0 Å². The summed E-state index contributed by atoms with van der Waals surface area (Å²) in [4.78, 5) is 22.9. The Kier molecular flexibility index (Phi) is 3.25. The molecule has 0 bridgehead atoms. The maximum Gasteiger partial charge on any atom is 0.331 e. The van der Waals surface area contributed by atoms with E-state index in [2.05, 4.69) is 0 Å². The Bertz CT molecular complexity index is 583. The maximum atomic E-state index is 11.7. The van der Waals surface area contributed by atoms with Crippen LogP contribution < -0.4 is 0 Å². The molecule has 0 spiro atoms. The smallest absolute Gasteiger partial charge is 0.331 e. The first kappa shape index (κ1) is 13.1. The van der Waals surface area contributed by atoms with Gasteiger partial charge in [-0.1, -0.05) is 42.5 Å². The lowest BCUT2D eigenvalue weighted by molar-refractivity contribution is -0.142. The molecule has 1 atom stereocenters. The Morgan fingerprint density at radius 1 is 1.16 bits per heavy atom. The number of carboxylic acid groups (broad SMARTS) is 2. The average Bonchev–Trinajstić information content (AvgIpc) is 2.40. The van der Waals surface area contributed by atoms with E-state index in [9.17, 15) is 19.8 Å². The fourth-order valence-corrected chi connectivity index (χ4v) is 2.29. The van der Waals surface area contributed by atoms with Crippen LogP contribution in [0, 0.1) is 0 Å². The van der Waals surface area contributed by atoms with E-state index >= 15 is 0 Å². The lowest BCUT2D eigenvalue weighted by atomic mass is 9.71. The van der Waals surface area contributed by atoms with Crippen LogP contribution in [-0.4, -0.2) is 22.2 Å². The van der Waals surface area contributed by atoms with Crippen LogP contribution in [0.1, 0.15) is 18.9 Å². The first-order valence-corrected chi connectivity index (χ1v) is 5.88. The van der Waals surface area contributed by atoms with Gasteiger partial charge in [-0.25, -0.2) is 4.79 Å². The van der Waals surface area contributed by atoms with Crippen LogP contribution in [0.5, 0.6) is 0 Å². The topological polar surface area (TPSA) is 74.6 Å². The van der Waals surface area contributed by atoms with Gasteiger partial charge in [0.15, 0.2) is 0 Å². The molecule has 1 aromatic rings. The standard InChI is InChI=1S/C15H14O4/c1-10-7-8-15(14(18)19,9-12(10)13(16)17)11-5-3-2-4-6-11/h2-8H,9H2,1H3,(H,16,17)(H,18,19). The number of carbonyl (C=O) groups is 2. The Labute approximate surface area is 110 Å². The minimum atomic E-state index is -1.30. The zero-order valence-corrected chi connectivity index (χ0v) is 10.5. The van der Waals surface area contributed by atoms with E-state index in [-0.39, 0.29) is 12.0 Å². The molecule has 19 heavy (non-hydrogen) atoms. The Balaban J connectivity index is 2.55. The highest BCUT2D eigenvalue weighted by molar-refractivity contribution is 5.93. The van der Waals surface area contributed by atoms with Gasteiger partial charge in [0, 0.05) is 12.0 Å². The minimum absolute atomic E-state index is 0.0377. The molecule has 1 aliphatic carbocycles. The Morgan fingerprint density at radius 2 is 1.79 bits per heavy atom. The Hall–Kier alpha value is -2.36. The van der Waals surface area contributed by atoms with E-state index < -0.39 is 17.4 Å². The number of carboxylic acids is 2. The highest BCUT2D eigenvalue weighted by Crippen LogP contribution is 2.38. The molecule has 2 N–H and O–H groups in total. The first-order chi connectivity index (χ1) is 8.97. The molecule has 2 rings (SSSR count). The van der Waals surface area contributed by atoms with Gasteiger partial charge < -0.3 is 10.2 Å². The maximum absolute atomic E-state index is 11.7. The van der Waals surface area contributed by atoms with Crippen molar-refractivity contribution >= 4 is 11.9 Å². The van der Waals surface area contributed by atoms with Gasteiger partial charge in [0.1, 0.15) is 5.41 Å². The monoisotopic (exact) mass is 258 g/mol. The van der Waals surface area contributed by atoms with E-state index in [1.807, 2.05) is 0 Å². The third-order valence-electron chi connectivity index (χ3n) is 3.48. The molecule has 0 aliphatic heterocycles. The fraction of sp³-hybridized carbons (Fsp3) is 0.200. The highest BCUT2D eigenvalue weighted by Gasteiger charge is 2.42. The SMILES string of the molecule is CC1=C(C(=O)O)CC(C(=O)O)(c2ccccc2)C=C1. The highest BCUT2D eigenvalue weighted by atomic mass is 16.4. The summed E-state index contributed by atoms with van der Waals surface area (Å²) in [6, 6.07) is 8.71.